The molecule has 0 atom stereocenters. The van der Waals surface area contributed by atoms with Crippen molar-refractivity contribution in [3.63, 3.8) is 0 Å². The second kappa shape index (κ2) is 8.81. The van der Waals surface area contributed by atoms with Crippen LogP contribution in [0.15, 0.2) is 54.9 Å². The van der Waals surface area contributed by atoms with E-state index in [4.69, 9.17) is 4.74 Å². The second-order valence-corrected chi connectivity index (χ2v) is 6.17. The summed E-state index contributed by atoms with van der Waals surface area (Å²) in [5.41, 5.74) is 1.94. The van der Waals surface area contributed by atoms with Gasteiger partial charge in [0.25, 0.3) is 0 Å². The van der Waals surface area contributed by atoms with E-state index in [1.807, 2.05) is 30.3 Å². The van der Waals surface area contributed by atoms with Crippen molar-refractivity contribution in [1.29, 1.82) is 0 Å². The third kappa shape index (κ3) is 4.94. The molecule has 8 nitrogen and oxygen atoms in total. The van der Waals surface area contributed by atoms with Crippen molar-refractivity contribution in [1.82, 2.24) is 20.1 Å². The number of hydrogen-bond acceptors (Lipinski definition) is 5. The van der Waals surface area contributed by atoms with Gasteiger partial charge in [0, 0.05) is 13.2 Å². The van der Waals surface area contributed by atoms with E-state index in [1.165, 1.54) is 4.68 Å². The van der Waals surface area contributed by atoms with Crippen LogP contribution in [0, 0.1) is 6.92 Å². The van der Waals surface area contributed by atoms with E-state index < -0.39 is 0 Å². The quantitative estimate of drug-likeness (QED) is 0.656. The van der Waals surface area contributed by atoms with E-state index in [9.17, 15) is 9.59 Å². The molecule has 28 heavy (non-hydrogen) atoms. The zero-order valence-electron chi connectivity index (χ0n) is 15.7. The molecule has 0 aliphatic heterocycles. The Kier molecular flexibility index (Phi) is 6.01. The van der Waals surface area contributed by atoms with Gasteiger partial charge in [-0.3, -0.25) is 14.6 Å². The first kappa shape index (κ1) is 19.1. The summed E-state index contributed by atoms with van der Waals surface area (Å²) >= 11 is 0. The Hall–Kier alpha value is -3.68. The van der Waals surface area contributed by atoms with Gasteiger partial charge in [-0.2, -0.15) is 5.10 Å². The minimum Gasteiger partial charge on any atom is -0.436 e. The van der Waals surface area contributed by atoms with Crippen molar-refractivity contribution >= 4 is 17.5 Å². The number of rotatable bonds is 7. The summed E-state index contributed by atoms with van der Waals surface area (Å²) in [6, 6.07) is 12.8. The molecule has 0 fully saturated rings. The van der Waals surface area contributed by atoms with Gasteiger partial charge >= 0.3 is 0 Å². The molecule has 0 aliphatic rings. The lowest BCUT2D eigenvalue weighted by atomic mass is 10.1. The van der Waals surface area contributed by atoms with Crippen LogP contribution >= 0.6 is 0 Å². The molecule has 2 N–H and O–H groups in total. The zero-order valence-corrected chi connectivity index (χ0v) is 15.7. The molecule has 0 aliphatic carbocycles. The number of hydrogen-bond donors (Lipinski definition) is 2. The van der Waals surface area contributed by atoms with Crippen molar-refractivity contribution < 1.29 is 14.3 Å². The maximum Gasteiger partial charge on any atom is 0.243 e. The van der Waals surface area contributed by atoms with Gasteiger partial charge in [0.05, 0.1) is 24.9 Å². The van der Waals surface area contributed by atoms with Gasteiger partial charge in [0.1, 0.15) is 11.4 Å². The highest BCUT2D eigenvalue weighted by molar-refractivity contribution is 5.96. The summed E-state index contributed by atoms with van der Waals surface area (Å²) in [6.07, 6.45) is 3.43. The Morgan fingerprint density at radius 3 is 2.61 bits per heavy atom. The molecule has 144 valence electrons. The van der Waals surface area contributed by atoms with Crippen molar-refractivity contribution in [2.75, 3.05) is 11.9 Å². The van der Waals surface area contributed by atoms with Gasteiger partial charge in [0.15, 0.2) is 0 Å². The normalized spacial score (nSPS) is 10.4. The smallest absolute Gasteiger partial charge is 0.243 e. The van der Waals surface area contributed by atoms with E-state index in [-0.39, 0.29) is 24.8 Å². The van der Waals surface area contributed by atoms with E-state index in [0.29, 0.717) is 23.0 Å². The molecule has 0 spiro atoms. The first-order chi connectivity index (χ1) is 13.5. The lowest BCUT2D eigenvalue weighted by Gasteiger charge is -2.10. The highest BCUT2D eigenvalue weighted by atomic mass is 16.5. The third-order valence-electron chi connectivity index (χ3n) is 3.94. The Bertz CT molecular complexity index is 955. The lowest BCUT2D eigenvalue weighted by Crippen LogP contribution is -2.33. The fourth-order valence-corrected chi connectivity index (χ4v) is 2.62. The van der Waals surface area contributed by atoms with Crippen LogP contribution in [0.4, 0.5) is 5.69 Å². The van der Waals surface area contributed by atoms with Crippen LogP contribution in [0.2, 0.25) is 0 Å². The van der Waals surface area contributed by atoms with E-state index in [0.717, 1.165) is 5.56 Å². The van der Waals surface area contributed by atoms with Crippen LogP contribution in [0.25, 0.3) is 0 Å². The molecular weight excluding hydrogens is 358 g/mol. The molecule has 0 saturated carbocycles. The van der Waals surface area contributed by atoms with Crippen molar-refractivity contribution in [2.45, 2.75) is 13.3 Å². The number of amides is 2. The van der Waals surface area contributed by atoms with Crippen LogP contribution in [0.3, 0.4) is 0 Å². The summed E-state index contributed by atoms with van der Waals surface area (Å²) in [5, 5.41) is 9.65. The Labute approximate surface area is 162 Å². The average Bonchev–Trinajstić information content (AvgIpc) is 2.95. The van der Waals surface area contributed by atoms with Gasteiger partial charge in [-0.15, -0.1) is 0 Å². The van der Waals surface area contributed by atoms with E-state index in [1.54, 1.807) is 38.5 Å². The average molecular weight is 379 g/mol. The molecule has 2 aromatic heterocycles. The summed E-state index contributed by atoms with van der Waals surface area (Å²) in [5.74, 6) is 0.316. The second-order valence-electron chi connectivity index (χ2n) is 6.17. The monoisotopic (exact) mass is 379 g/mol. The lowest BCUT2D eigenvalue weighted by molar-refractivity contribution is -0.123. The van der Waals surface area contributed by atoms with Gasteiger partial charge in [0.2, 0.25) is 17.7 Å². The van der Waals surface area contributed by atoms with Crippen LogP contribution in [0.1, 0.15) is 11.3 Å². The molecule has 2 amide bonds. The van der Waals surface area contributed by atoms with Crippen LogP contribution < -0.4 is 15.4 Å². The number of pyridine rings is 1. The fraction of sp³-hybridized carbons (Fsp3) is 0.200. The SMILES string of the molecule is Cc1nn(C)c(Oc2cccnc2)c1NC(=O)CNC(=O)Cc1ccccc1. The van der Waals surface area contributed by atoms with Crippen molar-refractivity contribution in [3.8, 4) is 11.6 Å². The number of benzene rings is 1. The number of anilines is 1. The molecule has 0 radical (unpaired) electrons. The summed E-state index contributed by atoms with van der Waals surface area (Å²) < 4.78 is 7.34. The topological polar surface area (TPSA) is 98.1 Å². The highest BCUT2D eigenvalue weighted by Crippen LogP contribution is 2.31. The van der Waals surface area contributed by atoms with Gasteiger partial charge in [-0.05, 0) is 24.6 Å². The molecule has 2 heterocycles. The van der Waals surface area contributed by atoms with Gasteiger partial charge in [-0.1, -0.05) is 30.3 Å². The first-order valence-corrected chi connectivity index (χ1v) is 8.75. The molecular formula is C20H21N5O3. The number of aryl methyl sites for hydroxylation is 2. The first-order valence-electron chi connectivity index (χ1n) is 8.75. The van der Waals surface area contributed by atoms with Crippen LogP contribution in [0.5, 0.6) is 11.6 Å². The standard InChI is InChI=1S/C20H21N5O3/c1-14-19(20(25(2)24-14)28-16-9-6-10-21-12-16)23-18(27)13-22-17(26)11-15-7-4-3-5-8-15/h3-10,12H,11,13H2,1-2H3,(H,22,26)(H,23,27). The molecule has 3 rings (SSSR count). The van der Waals surface area contributed by atoms with Crippen molar-refractivity contribution in [3.05, 3.63) is 66.1 Å². The summed E-state index contributed by atoms with van der Waals surface area (Å²) in [4.78, 5) is 28.3. The Morgan fingerprint density at radius 2 is 1.89 bits per heavy atom. The van der Waals surface area contributed by atoms with Crippen LogP contribution in [-0.4, -0.2) is 33.1 Å². The minimum absolute atomic E-state index is 0.146. The van der Waals surface area contributed by atoms with E-state index in [2.05, 4.69) is 20.7 Å². The minimum atomic E-state index is -0.367. The molecule has 0 bridgehead atoms. The summed E-state index contributed by atoms with van der Waals surface area (Å²) in [6.45, 7) is 1.62. The van der Waals surface area contributed by atoms with E-state index >= 15 is 0 Å². The predicted octanol–water partition coefficient (Wildman–Crippen LogP) is 2.21. The maximum absolute atomic E-state index is 12.3. The highest BCUT2D eigenvalue weighted by Gasteiger charge is 2.18. The number of carbonyl (C=O) groups is 2. The predicted molar refractivity (Wildman–Crippen MR) is 104 cm³/mol. The third-order valence-corrected chi connectivity index (χ3v) is 3.94. The number of ether oxygens (including phenoxy) is 1. The number of nitrogens with zero attached hydrogens (tertiary/aromatic N) is 3. The summed E-state index contributed by atoms with van der Waals surface area (Å²) in [7, 11) is 1.72. The van der Waals surface area contributed by atoms with Crippen molar-refractivity contribution in [2.24, 2.45) is 7.05 Å². The fourth-order valence-electron chi connectivity index (χ4n) is 2.62. The Balaban J connectivity index is 1.60. The molecule has 0 unspecified atom stereocenters. The van der Waals surface area contributed by atoms with Gasteiger partial charge < -0.3 is 15.4 Å². The van der Waals surface area contributed by atoms with Crippen LogP contribution in [-0.2, 0) is 23.1 Å². The number of nitrogens with one attached hydrogen (secondary N) is 2. The number of carbonyl (C=O) groups excluding carboxylic acids is 2. The molecule has 0 saturated heterocycles. The zero-order chi connectivity index (χ0) is 19.9. The number of aromatic nitrogens is 3. The molecule has 3 aromatic rings. The molecule has 1 aromatic carbocycles. The largest absolute Gasteiger partial charge is 0.436 e. The Morgan fingerprint density at radius 1 is 1.11 bits per heavy atom. The van der Waals surface area contributed by atoms with Gasteiger partial charge in [-0.25, -0.2) is 4.68 Å². The molecule has 8 heteroatoms. The maximum atomic E-state index is 12.3.